The van der Waals surface area contributed by atoms with Gasteiger partial charge in [-0.2, -0.15) is 0 Å². The molecule has 120 valence electrons. The summed E-state index contributed by atoms with van der Waals surface area (Å²) in [6, 6.07) is 3.26. The van der Waals surface area contributed by atoms with Gasteiger partial charge >= 0.3 is 5.97 Å². The van der Waals surface area contributed by atoms with Crippen molar-refractivity contribution in [2.75, 3.05) is 13.1 Å². The fourth-order valence-corrected chi connectivity index (χ4v) is 2.44. The fourth-order valence-electron chi connectivity index (χ4n) is 2.44. The van der Waals surface area contributed by atoms with Crippen molar-refractivity contribution < 1.29 is 19.4 Å². The Labute approximate surface area is 130 Å². The van der Waals surface area contributed by atoms with Gasteiger partial charge in [0.15, 0.2) is 0 Å². The third kappa shape index (κ3) is 3.96. The van der Waals surface area contributed by atoms with E-state index in [1.807, 2.05) is 13.8 Å². The number of aliphatic carboxylic acids is 1. The Balaban J connectivity index is 2.08. The van der Waals surface area contributed by atoms with E-state index in [4.69, 9.17) is 9.84 Å². The highest BCUT2D eigenvalue weighted by Gasteiger charge is 2.28. The second-order valence-electron chi connectivity index (χ2n) is 5.65. The standard InChI is InChI=1S/C16H22N2O4/c1-3-11(2)22-14-9-12(6-7-17-14)15(19)18-8-4-5-13(10-18)16(20)21/h6-7,9,11,13H,3-5,8,10H2,1-2H3,(H,20,21)/t11?,13-/m0/s1. The number of rotatable bonds is 5. The number of carbonyl (C=O) groups is 2. The molecule has 0 saturated carbocycles. The number of hydrogen-bond donors (Lipinski definition) is 1. The Morgan fingerprint density at radius 3 is 3.00 bits per heavy atom. The van der Waals surface area contributed by atoms with Crippen molar-refractivity contribution in [3.05, 3.63) is 23.9 Å². The number of hydrogen-bond acceptors (Lipinski definition) is 4. The zero-order valence-electron chi connectivity index (χ0n) is 13.0. The van der Waals surface area contributed by atoms with Crippen LogP contribution in [0.25, 0.3) is 0 Å². The third-order valence-electron chi connectivity index (χ3n) is 3.94. The summed E-state index contributed by atoms with van der Waals surface area (Å²) in [7, 11) is 0. The van der Waals surface area contributed by atoms with E-state index in [9.17, 15) is 9.59 Å². The molecule has 1 aromatic heterocycles. The SMILES string of the molecule is CCC(C)Oc1cc(C(=O)N2CCC[C@H](C(=O)O)C2)ccn1. The molecule has 2 rings (SSSR count). The van der Waals surface area contributed by atoms with E-state index in [0.717, 1.165) is 6.42 Å². The molecule has 0 aromatic carbocycles. The molecular weight excluding hydrogens is 284 g/mol. The molecular formula is C16H22N2O4. The lowest BCUT2D eigenvalue weighted by Gasteiger charge is -2.30. The van der Waals surface area contributed by atoms with Crippen LogP contribution in [0.4, 0.5) is 0 Å². The summed E-state index contributed by atoms with van der Waals surface area (Å²) >= 11 is 0. The van der Waals surface area contributed by atoms with Gasteiger partial charge in [-0.25, -0.2) is 4.98 Å². The molecule has 1 N–H and O–H groups in total. The van der Waals surface area contributed by atoms with E-state index in [1.165, 1.54) is 0 Å². The predicted octanol–water partition coefficient (Wildman–Crippen LogP) is 2.20. The van der Waals surface area contributed by atoms with Crippen LogP contribution in [0.5, 0.6) is 5.88 Å². The first kappa shape index (κ1) is 16.3. The summed E-state index contributed by atoms with van der Waals surface area (Å²) in [5.41, 5.74) is 0.486. The van der Waals surface area contributed by atoms with Crippen LogP contribution in [0.3, 0.4) is 0 Å². The molecule has 1 amide bonds. The predicted molar refractivity (Wildman–Crippen MR) is 80.9 cm³/mol. The van der Waals surface area contributed by atoms with E-state index in [2.05, 4.69) is 4.98 Å². The number of carboxylic acid groups (broad SMARTS) is 1. The van der Waals surface area contributed by atoms with Gasteiger partial charge in [0.2, 0.25) is 5.88 Å². The normalized spacial score (nSPS) is 19.5. The van der Waals surface area contributed by atoms with Crippen molar-refractivity contribution in [3.8, 4) is 5.88 Å². The number of nitrogens with zero attached hydrogens (tertiary/aromatic N) is 2. The molecule has 2 heterocycles. The van der Waals surface area contributed by atoms with Gasteiger partial charge in [0, 0.05) is 30.9 Å². The zero-order valence-corrected chi connectivity index (χ0v) is 13.0. The largest absolute Gasteiger partial charge is 0.481 e. The van der Waals surface area contributed by atoms with E-state index >= 15 is 0 Å². The minimum Gasteiger partial charge on any atom is -0.481 e. The Morgan fingerprint density at radius 1 is 1.55 bits per heavy atom. The molecule has 0 radical (unpaired) electrons. The molecule has 1 fully saturated rings. The smallest absolute Gasteiger partial charge is 0.308 e. The van der Waals surface area contributed by atoms with Gasteiger partial charge in [-0.15, -0.1) is 0 Å². The van der Waals surface area contributed by atoms with Gasteiger partial charge in [-0.05, 0) is 32.3 Å². The number of amides is 1. The number of aromatic nitrogens is 1. The molecule has 2 atom stereocenters. The summed E-state index contributed by atoms with van der Waals surface area (Å²) in [5.74, 6) is -1.06. The minimum absolute atomic E-state index is 0.0317. The summed E-state index contributed by atoms with van der Waals surface area (Å²) in [6.45, 7) is 4.81. The van der Waals surface area contributed by atoms with E-state index in [1.54, 1.807) is 23.2 Å². The Morgan fingerprint density at radius 2 is 2.32 bits per heavy atom. The number of pyridine rings is 1. The summed E-state index contributed by atoms with van der Waals surface area (Å²) < 4.78 is 5.63. The van der Waals surface area contributed by atoms with Crippen LogP contribution >= 0.6 is 0 Å². The van der Waals surface area contributed by atoms with Crippen LogP contribution in [0.15, 0.2) is 18.3 Å². The maximum Gasteiger partial charge on any atom is 0.308 e. The Kier molecular flexibility index (Phi) is 5.35. The number of likely N-dealkylation sites (tertiary alicyclic amines) is 1. The maximum atomic E-state index is 12.5. The van der Waals surface area contributed by atoms with Crippen LogP contribution < -0.4 is 4.74 Å². The van der Waals surface area contributed by atoms with Crippen LogP contribution in [0, 0.1) is 5.92 Å². The molecule has 1 aliphatic heterocycles. The summed E-state index contributed by atoms with van der Waals surface area (Å²) in [4.78, 5) is 29.3. The van der Waals surface area contributed by atoms with Crippen molar-refractivity contribution in [2.24, 2.45) is 5.92 Å². The molecule has 1 aromatic rings. The molecule has 1 saturated heterocycles. The van der Waals surface area contributed by atoms with Crippen molar-refractivity contribution >= 4 is 11.9 Å². The highest BCUT2D eigenvalue weighted by atomic mass is 16.5. The highest BCUT2D eigenvalue weighted by Crippen LogP contribution is 2.20. The zero-order chi connectivity index (χ0) is 16.1. The van der Waals surface area contributed by atoms with Crippen molar-refractivity contribution in [1.82, 2.24) is 9.88 Å². The lowest BCUT2D eigenvalue weighted by atomic mass is 9.98. The Bertz CT molecular complexity index is 547. The second kappa shape index (κ2) is 7.24. The fraction of sp³-hybridized carbons (Fsp3) is 0.562. The van der Waals surface area contributed by atoms with Crippen LogP contribution in [-0.2, 0) is 4.79 Å². The molecule has 22 heavy (non-hydrogen) atoms. The summed E-state index contributed by atoms with van der Waals surface area (Å²) in [6.07, 6.45) is 3.77. The monoisotopic (exact) mass is 306 g/mol. The molecule has 0 aliphatic carbocycles. The van der Waals surface area contributed by atoms with Gasteiger partial charge in [-0.1, -0.05) is 6.92 Å². The minimum atomic E-state index is -0.840. The first-order chi connectivity index (χ1) is 10.5. The molecule has 0 bridgehead atoms. The third-order valence-corrected chi connectivity index (χ3v) is 3.94. The van der Waals surface area contributed by atoms with Gasteiger partial charge in [-0.3, -0.25) is 9.59 Å². The van der Waals surface area contributed by atoms with E-state index in [-0.39, 0.29) is 18.6 Å². The average Bonchev–Trinajstić information content (AvgIpc) is 2.54. The van der Waals surface area contributed by atoms with Crippen molar-refractivity contribution in [3.63, 3.8) is 0 Å². The molecule has 1 unspecified atom stereocenters. The highest BCUT2D eigenvalue weighted by molar-refractivity contribution is 5.94. The van der Waals surface area contributed by atoms with Crippen molar-refractivity contribution in [2.45, 2.75) is 39.2 Å². The van der Waals surface area contributed by atoms with Gasteiger partial charge in [0.25, 0.3) is 5.91 Å². The second-order valence-corrected chi connectivity index (χ2v) is 5.65. The first-order valence-corrected chi connectivity index (χ1v) is 7.66. The van der Waals surface area contributed by atoms with Crippen molar-refractivity contribution in [1.29, 1.82) is 0 Å². The van der Waals surface area contributed by atoms with Crippen LogP contribution in [0.2, 0.25) is 0 Å². The molecule has 6 nitrogen and oxygen atoms in total. The number of ether oxygens (including phenoxy) is 1. The summed E-state index contributed by atoms with van der Waals surface area (Å²) in [5, 5.41) is 9.11. The molecule has 6 heteroatoms. The number of carboxylic acids is 1. The molecule has 1 aliphatic rings. The maximum absolute atomic E-state index is 12.5. The van der Waals surface area contributed by atoms with Crippen LogP contribution in [-0.4, -0.2) is 46.1 Å². The van der Waals surface area contributed by atoms with Gasteiger partial charge in [0.05, 0.1) is 12.0 Å². The van der Waals surface area contributed by atoms with Gasteiger partial charge in [0.1, 0.15) is 0 Å². The number of piperidine rings is 1. The number of carbonyl (C=O) groups excluding carboxylic acids is 1. The van der Waals surface area contributed by atoms with Gasteiger partial charge < -0.3 is 14.7 Å². The topological polar surface area (TPSA) is 79.7 Å². The average molecular weight is 306 g/mol. The molecule has 0 spiro atoms. The Hall–Kier alpha value is -2.11. The first-order valence-electron chi connectivity index (χ1n) is 7.66. The lowest BCUT2D eigenvalue weighted by Crippen LogP contribution is -2.42. The quantitative estimate of drug-likeness (QED) is 0.902. The van der Waals surface area contributed by atoms with E-state index in [0.29, 0.717) is 30.8 Å². The van der Waals surface area contributed by atoms with E-state index < -0.39 is 11.9 Å². The lowest BCUT2D eigenvalue weighted by molar-refractivity contribution is -0.143. The van der Waals surface area contributed by atoms with Crippen LogP contribution in [0.1, 0.15) is 43.5 Å².